The van der Waals surface area contributed by atoms with Gasteiger partial charge in [0, 0.05) is 6.20 Å². The molecule has 124 valence electrons. The van der Waals surface area contributed by atoms with Gasteiger partial charge in [-0.1, -0.05) is 13.8 Å². The van der Waals surface area contributed by atoms with Crippen LogP contribution >= 0.6 is 0 Å². The van der Waals surface area contributed by atoms with Crippen LogP contribution in [0.5, 0.6) is 0 Å². The molecule has 0 radical (unpaired) electrons. The van der Waals surface area contributed by atoms with Crippen LogP contribution in [-0.2, 0) is 12.7 Å². The van der Waals surface area contributed by atoms with E-state index in [9.17, 15) is 18.0 Å². The van der Waals surface area contributed by atoms with Gasteiger partial charge in [-0.25, -0.2) is 0 Å². The Balaban J connectivity index is 2.06. The van der Waals surface area contributed by atoms with Crippen LogP contribution in [0, 0.1) is 5.92 Å². The van der Waals surface area contributed by atoms with E-state index in [0.29, 0.717) is 6.54 Å². The quantitative estimate of drug-likeness (QED) is 0.913. The Kier molecular flexibility index (Phi) is 4.97. The number of hydrogen-bond donors (Lipinski definition) is 1. The van der Waals surface area contributed by atoms with E-state index in [4.69, 9.17) is 0 Å². The van der Waals surface area contributed by atoms with Crippen molar-refractivity contribution in [3.63, 3.8) is 0 Å². The van der Waals surface area contributed by atoms with Gasteiger partial charge < -0.3 is 5.32 Å². The lowest BCUT2D eigenvalue weighted by molar-refractivity contribution is -0.141. The summed E-state index contributed by atoms with van der Waals surface area (Å²) < 4.78 is 37.4. The first-order chi connectivity index (χ1) is 10.8. The van der Waals surface area contributed by atoms with Gasteiger partial charge in [0.2, 0.25) is 0 Å². The zero-order valence-corrected chi connectivity index (χ0v) is 12.6. The summed E-state index contributed by atoms with van der Waals surface area (Å²) in [7, 11) is 0. The van der Waals surface area contributed by atoms with E-state index in [2.05, 4.69) is 20.5 Å². The first kappa shape index (κ1) is 16.9. The average molecular weight is 327 g/mol. The van der Waals surface area contributed by atoms with E-state index in [1.807, 2.05) is 13.8 Å². The highest BCUT2D eigenvalue weighted by atomic mass is 19.4. The number of aromatic nitrogens is 4. The van der Waals surface area contributed by atoms with Crippen molar-refractivity contribution in [3.05, 3.63) is 42.0 Å². The standard InChI is InChI=1S/C14H16F3N5O/c1-9(2)11(8-22-19-5-6-20-22)21-13(23)10-3-4-12(18-7-10)14(15,16)17/h3-7,9,11H,8H2,1-2H3,(H,21,23). The van der Waals surface area contributed by atoms with Gasteiger partial charge in [0.05, 0.1) is 30.5 Å². The van der Waals surface area contributed by atoms with Crippen LogP contribution in [0.15, 0.2) is 30.7 Å². The van der Waals surface area contributed by atoms with Crippen LogP contribution in [0.3, 0.4) is 0 Å². The lowest BCUT2D eigenvalue weighted by Crippen LogP contribution is -2.42. The molecule has 0 bridgehead atoms. The predicted molar refractivity (Wildman–Crippen MR) is 75.4 cm³/mol. The fraction of sp³-hybridized carbons (Fsp3) is 0.429. The van der Waals surface area contributed by atoms with Crippen LogP contribution in [0.25, 0.3) is 0 Å². The second kappa shape index (κ2) is 6.76. The number of alkyl halides is 3. The Morgan fingerprint density at radius 2 is 1.91 bits per heavy atom. The second-order valence-corrected chi connectivity index (χ2v) is 5.34. The molecule has 0 saturated carbocycles. The summed E-state index contributed by atoms with van der Waals surface area (Å²) >= 11 is 0. The number of halogens is 3. The zero-order chi connectivity index (χ0) is 17.0. The van der Waals surface area contributed by atoms with E-state index in [1.54, 1.807) is 0 Å². The van der Waals surface area contributed by atoms with Crippen LogP contribution < -0.4 is 5.32 Å². The summed E-state index contributed by atoms with van der Waals surface area (Å²) in [6, 6.07) is 1.63. The Bertz CT molecular complexity index is 637. The third-order valence-electron chi connectivity index (χ3n) is 3.26. The number of carbonyl (C=O) groups excluding carboxylic acids is 1. The topological polar surface area (TPSA) is 72.7 Å². The van der Waals surface area contributed by atoms with E-state index in [1.165, 1.54) is 17.2 Å². The molecule has 2 heterocycles. The van der Waals surface area contributed by atoms with Crippen molar-refractivity contribution in [2.75, 3.05) is 0 Å². The summed E-state index contributed by atoms with van der Waals surface area (Å²) in [6.07, 6.45) is -0.555. The molecule has 0 aliphatic heterocycles. The minimum absolute atomic E-state index is 0.0667. The molecule has 0 fully saturated rings. The van der Waals surface area contributed by atoms with E-state index >= 15 is 0 Å². The van der Waals surface area contributed by atoms with Gasteiger partial charge in [-0.05, 0) is 18.1 Å². The third-order valence-corrected chi connectivity index (χ3v) is 3.26. The van der Waals surface area contributed by atoms with Crippen molar-refractivity contribution >= 4 is 5.91 Å². The monoisotopic (exact) mass is 327 g/mol. The van der Waals surface area contributed by atoms with Crippen LogP contribution in [-0.4, -0.2) is 31.9 Å². The Hall–Kier alpha value is -2.45. The Labute approximate surface area is 130 Å². The van der Waals surface area contributed by atoms with Gasteiger partial charge in [-0.3, -0.25) is 9.78 Å². The number of amides is 1. The van der Waals surface area contributed by atoms with Gasteiger partial charge in [0.25, 0.3) is 5.91 Å². The summed E-state index contributed by atoms with van der Waals surface area (Å²) in [5.74, 6) is -0.399. The Morgan fingerprint density at radius 3 is 2.39 bits per heavy atom. The largest absolute Gasteiger partial charge is 0.433 e. The van der Waals surface area contributed by atoms with E-state index in [0.717, 1.165) is 18.3 Å². The van der Waals surface area contributed by atoms with Crippen molar-refractivity contribution in [1.29, 1.82) is 0 Å². The molecular weight excluding hydrogens is 311 g/mol. The summed E-state index contributed by atoms with van der Waals surface area (Å²) in [6.45, 7) is 4.20. The van der Waals surface area contributed by atoms with Crippen molar-refractivity contribution < 1.29 is 18.0 Å². The van der Waals surface area contributed by atoms with Crippen LogP contribution in [0.1, 0.15) is 29.9 Å². The minimum Gasteiger partial charge on any atom is -0.347 e. The lowest BCUT2D eigenvalue weighted by atomic mass is 10.0. The molecular formula is C14H16F3N5O. The zero-order valence-electron chi connectivity index (χ0n) is 12.6. The molecule has 2 aromatic rings. The normalized spacial score (nSPS) is 13.1. The van der Waals surface area contributed by atoms with E-state index < -0.39 is 17.8 Å². The molecule has 1 atom stereocenters. The SMILES string of the molecule is CC(C)C(Cn1nccn1)NC(=O)c1ccc(C(F)(F)F)nc1. The average Bonchev–Trinajstić information content (AvgIpc) is 2.98. The number of pyridine rings is 1. The fourth-order valence-corrected chi connectivity index (χ4v) is 1.88. The molecule has 23 heavy (non-hydrogen) atoms. The maximum absolute atomic E-state index is 12.5. The number of rotatable bonds is 5. The summed E-state index contributed by atoms with van der Waals surface area (Å²) in [4.78, 5) is 16.9. The lowest BCUT2D eigenvalue weighted by Gasteiger charge is -2.21. The molecule has 1 amide bonds. The number of nitrogens with one attached hydrogen (secondary N) is 1. The second-order valence-electron chi connectivity index (χ2n) is 5.34. The predicted octanol–water partition coefficient (Wildman–Crippen LogP) is 2.15. The highest BCUT2D eigenvalue weighted by Gasteiger charge is 2.32. The molecule has 0 spiro atoms. The summed E-state index contributed by atoms with van der Waals surface area (Å²) in [5.41, 5.74) is -0.965. The van der Waals surface area contributed by atoms with Gasteiger partial charge in [0.15, 0.2) is 0 Å². The first-order valence-corrected chi connectivity index (χ1v) is 6.95. The molecule has 2 rings (SSSR count). The maximum Gasteiger partial charge on any atom is 0.433 e. The number of hydrogen-bond acceptors (Lipinski definition) is 4. The summed E-state index contributed by atoms with van der Waals surface area (Å²) in [5, 5.41) is 10.7. The minimum atomic E-state index is -4.53. The molecule has 9 heteroatoms. The van der Waals surface area contributed by atoms with Crippen molar-refractivity contribution in [2.24, 2.45) is 5.92 Å². The third kappa shape index (κ3) is 4.51. The molecule has 2 aromatic heterocycles. The van der Waals surface area contributed by atoms with Gasteiger partial charge >= 0.3 is 6.18 Å². The molecule has 0 aliphatic rings. The van der Waals surface area contributed by atoms with E-state index in [-0.39, 0.29) is 17.5 Å². The van der Waals surface area contributed by atoms with Gasteiger partial charge in [-0.15, -0.1) is 0 Å². The van der Waals surface area contributed by atoms with Crippen LogP contribution in [0.2, 0.25) is 0 Å². The number of nitrogens with zero attached hydrogens (tertiary/aromatic N) is 4. The van der Waals surface area contributed by atoms with Crippen molar-refractivity contribution in [3.8, 4) is 0 Å². The smallest absolute Gasteiger partial charge is 0.347 e. The van der Waals surface area contributed by atoms with Crippen LogP contribution in [0.4, 0.5) is 13.2 Å². The van der Waals surface area contributed by atoms with Crippen molar-refractivity contribution in [1.82, 2.24) is 25.3 Å². The highest BCUT2D eigenvalue weighted by Crippen LogP contribution is 2.27. The molecule has 6 nitrogen and oxygen atoms in total. The highest BCUT2D eigenvalue weighted by molar-refractivity contribution is 5.94. The van der Waals surface area contributed by atoms with Gasteiger partial charge in [0.1, 0.15) is 5.69 Å². The molecule has 1 N–H and O–H groups in total. The maximum atomic E-state index is 12.5. The molecule has 0 saturated heterocycles. The first-order valence-electron chi connectivity index (χ1n) is 6.95. The van der Waals surface area contributed by atoms with Crippen molar-refractivity contribution in [2.45, 2.75) is 32.6 Å². The molecule has 0 aliphatic carbocycles. The van der Waals surface area contributed by atoms with Gasteiger partial charge in [-0.2, -0.15) is 28.2 Å². The number of carbonyl (C=O) groups is 1. The fourth-order valence-electron chi connectivity index (χ4n) is 1.88. The molecule has 1 unspecified atom stereocenters. The molecule has 0 aromatic carbocycles. The Morgan fingerprint density at radius 1 is 1.26 bits per heavy atom.